The lowest BCUT2D eigenvalue weighted by Gasteiger charge is -2.04. The second kappa shape index (κ2) is 5.98. The van der Waals surface area contributed by atoms with Crippen LogP contribution in [-0.4, -0.2) is 22.0 Å². The summed E-state index contributed by atoms with van der Waals surface area (Å²) < 4.78 is 0. The first-order valence-corrected chi connectivity index (χ1v) is 8.00. The topological polar surface area (TPSA) is 53.6 Å². The number of aromatic amines is 1. The largest absolute Gasteiger partial charge is 0.359 e. The summed E-state index contributed by atoms with van der Waals surface area (Å²) >= 11 is 5.94. The van der Waals surface area contributed by atoms with Gasteiger partial charge in [0.1, 0.15) is 0 Å². The molecule has 0 aliphatic rings. The standard InChI is InChI=1S/C19H15ClN4/c1-21-19-23-17-9-4-13(10-18(17)24-19)16-8-5-14(11-22-16)12-2-6-15(20)7-3-12/h2-11H,1H3,(H2,21,23,24). The molecule has 4 nitrogen and oxygen atoms in total. The van der Waals surface area contributed by atoms with E-state index in [-0.39, 0.29) is 0 Å². The van der Waals surface area contributed by atoms with Gasteiger partial charge in [0.15, 0.2) is 0 Å². The molecule has 2 N–H and O–H groups in total. The fourth-order valence-electron chi connectivity index (χ4n) is 2.67. The highest BCUT2D eigenvalue weighted by molar-refractivity contribution is 6.30. The molecule has 0 unspecified atom stereocenters. The highest BCUT2D eigenvalue weighted by atomic mass is 35.5. The molecule has 0 aliphatic carbocycles. The van der Waals surface area contributed by atoms with E-state index in [1.54, 1.807) is 0 Å². The lowest BCUT2D eigenvalue weighted by Crippen LogP contribution is -1.88. The second-order valence-corrected chi connectivity index (χ2v) is 5.94. The van der Waals surface area contributed by atoms with Crippen molar-refractivity contribution in [2.75, 3.05) is 12.4 Å². The van der Waals surface area contributed by atoms with Crippen LogP contribution in [-0.2, 0) is 0 Å². The first-order chi connectivity index (χ1) is 11.7. The average molecular weight is 335 g/mol. The van der Waals surface area contributed by atoms with Crippen molar-refractivity contribution in [3.63, 3.8) is 0 Å². The summed E-state index contributed by atoms with van der Waals surface area (Å²) in [6.07, 6.45) is 1.88. The number of benzene rings is 2. The van der Waals surface area contributed by atoms with E-state index >= 15 is 0 Å². The molecule has 0 bridgehead atoms. The minimum Gasteiger partial charge on any atom is -0.359 e. The Morgan fingerprint density at radius 3 is 2.38 bits per heavy atom. The fourth-order valence-corrected chi connectivity index (χ4v) is 2.79. The number of pyridine rings is 1. The Balaban J connectivity index is 1.68. The predicted molar refractivity (Wildman–Crippen MR) is 99.3 cm³/mol. The van der Waals surface area contributed by atoms with Crippen molar-refractivity contribution in [3.05, 3.63) is 65.8 Å². The molecule has 0 amide bonds. The molecule has 2 aromatic carbocycles. The summed E-state index contributed by atoms with van der Waals surface area (Å²) in [7, 11) is 1.84. The number of hydrogen-bond donors (Lipinski definition) is 2. The number of hydrogen-bond acceptors (Lipinski definition) is 3. The van der Waals surface area contributed by atoms with E-state index in [1.165, 1.54) is 0 Å². The van der Waals surface area contributed by atoms with Crippen LogP contribution in [0.2, 0.25) is 5.02 Å². The van der Waals surface area contributed by atoms with Crippen LogP contribution in [0.1, 0.15) is 0 Å². The Kier molecular flexibility index (Phi) is 3.67. The van der Waals surface area contributed by atoms with Gasteiger partial charge in [-0.1, -0.05) is 35.9 Å². The zero-order valence-corrected chi connectivity index (χ0v) is 13.8. The van der Waals surface area contributed by atoms with E-state index in [0.29, 0.717) is 0 Å². The Morgan fingerprint density at radius 1 is 0.917 bits per heavy atom. The fraction of sp³-hybridized carbons (Fsp3) is 0.0526. The smallest absolute Gasteiger partial charge is 0.200 e. The van der Waals surface area contributed by atoms with Crippen molar-refractivity contribution in [3.8, 4) is 22.4 Å². The normalized spacial score (nSPS) is 10.9. The van der Waals surface area contributed by atoms with Crippen molar-refractivity contribution in [2.45, 2.75) is 0 Å². The molecule has 0 aliphatic heterocycles. The highest BCUT2D eigenvalue weighted by Gasteiger charge is 2.06. The van der Waals surface area contributed by atoms with Crippen molar-refractivity contribution in [1.29, 1.82) is 0 Å². The van der Waals surface area contributed by atoms with Gasteiger partial charge in [-0.15, -0.1) is 0 Å². The Bertz CT molecular complexity index is 988. The number of halogens is 1. The lowest BCUT2D eigenvalue weighted by atomic mass is 10.1. The molecular weight excluding hydrogens is 320 g/mol. The van der Waals surface area contributed by atoms with Gasteiger partial charge in [0, 0.05) is 29.4 Å². The van der Waals surface area contributed by atoms with Gasteiger partial charge in [0.25, 0.3) is 0 Å². The number of H-pyrrole nitrogens is 1. The van der Waals surface area contributed by atoms with Crippen molar-refractivity contribution < 1.29 is 0 Å². The van der Waals surface area contributed by atoms with Crippen molar-refractivity contribution in [2.24, 2.45) is 0 Å². The zero-order chi connectivity index (χ0) is 16.5. The molecule has 0 saturated heterocycles. The first-order valence-electron chi connectivity index (χ1n) is 7.63. The van der Waals surface area contributed by atoms with Crippen molar-refractivity contribution >= 4 is 28.6 Å². The van der Waals surface area contributed by atoms with Crippen LogP contribution in [0.3, 0.4) is 0 Å². The number of anilines is 1. The molecule has 5 heteroatoms. The summed E-state index contributed by atoms with van der Waals surface area (Å²) in [5.41, 5.74) is 6.06. The highest BCUT2D eigenvalue weighted by Crippen LogP contribution is 2.26. The van der Waals surface area contributed by atoms with Crippen LogP contribution < -0.4 is 5.32 Å². The number of aromatic nitrogens is 3. The lowest BCUT2D eigenvalue weighted by molar-refractivity contribution is 1.28. The summed E-state index contributed by atoms with van der Waals surface area (Å²) in [4.78, 5) is 12.3. The molecule has 0 spiro atoms. The van der Waals surface area contributed by atoms with Crippen LogP contribution in [0.4, 0.5) is 5.95 Å². The van der Waals surface area contributed by atoms with Crippen LogP contribution in [0.5, 0.6) is 0 Å². The van der Waals surface area contributed by atoms with Crippen LogP contribution in [0.25, 0.3) is 33.4 Å². The molecule has 2 heterocycles. The molecule has 0 radical (unpaired) electrons. The maximum absolute atomic E-state index is 5.94. The Labute approximate surface area is 144 Å². The van der Waals surface area contributed by atoms with E-state index in [2.05, 4.69) is 32.4 Å². The molecule has 0 atom stereocenters. The molecule has 2 aromatic heterocycles. The number of rotatable bonds is 3. The predicted octanol–water partition coefficient (Wildman–Crippen LogP) is 4.99. The van der Waals surface area contributed by atoms with Gasteiger partial charge in [-0.2, -0.15) is 0 Å². The first kappa shape index (κ1) is 14.7. The number of fused-ring (bicyclic) bond motifs is 1. The average Bonchev–Trinajstić information content (AvgIpc) is 3.05. The molecule has 0 saturated carbocycles. The summed E-state index contributed by atoms with van der Waals surface area (Å²) in [6.45, 7) is 0. The van der Waals surface area contributed by atoms with Gasteiger partial charge in [-0.05, 0) is 35.9 Å². The minimum atomic E-state index is 0.733. The maximum Gasteiger partial charge on any atom is 0.200 e. The van der Waals surface area contributed by atoms with Gasteiger partial charge in [0.2, 0.25) is 5.95 Å². The van der Waals surface area contributed by atoms with Gasteiger partial charge in [-0.3, -0.25) is 4.98 Å². The van der Waals surface area contributed by atoms with Crippen molar-refractivity contribution in [1.82, 2.24) is 15.0 Å². The maximum atomic E-state index is 5.94. The van der Waals surface area contributed by atoms with E-state index in [4.69, 9.17) is 11.6 Å². The van der Waals surface area contributed by atoms with E-state index in [0.717, 1.165) is 44.4 Å². The van der Waals surface area contributed by atoms with E-state index in [9.17, 15) is 0 Å². The molecule has 0 fully saturated rings. The Hall–Kier alpha value is -2.85. The second-order valence-electron chi connectivity index (χ2n) is 5.51. The van der Waals surface area contributed by atoms with Gasteiger partial charge >= 0.3 is 0 Å². The van der Waals surface area contributed by atoms with Crippen LogP contribution in [0.15, 0.2) is 60.8 Å². The summed E-state index contributed by atoms with van der Waals surface area (Å²) in [6, 6.07) is 18.0. The van der Waals surface area contributed by atoms with Gasteiger partial charge in [-0.25, -0.2) is 4.98 Å². The van der Waals surface area contributed by atoms with Crippen LogP contribution >= 0.6 is 11.6 Å². The third kappa shape index (κ3) is 2.72. The van der Waals surface area contributed by atoms with E-state index < -0.39 is 0 Å². The van der Waals surface area contributed by atoms with Gasteiger partial charge in [0.05, 0.1) is 16.7 Å². The third-order valence-electron chi connectivity index (χ3n) is 3.96. The van der Waals surface area contributed by atoms with E-state index in [1.807, 2.05) is 55.7 Å². The number of imidazole rings is 1. The monoisotopic (exact) mass is 334 g/mol. The number of nitrogens with zero attached hydrogens (tertiary/aromatic N) is 2. The molecule has 4 rings (SSSR count). The zero-order valence-electron chi connectivity index (χ0n) is 13.0. The summed E-state index contributed by atoms with van der Waals surface area (Å²) in [5.74, 6) is 0.758. The molecule has 118 valence electrons. The molecule has 24 heavy (non-hydrogen) atoms. The minimum absolute atomic E-state index is 0.733. The summed E-state index contributed by atoms with van der Waals surface area (Å²) in [5, 5.41) is 3.75. The van der Waals surface area contributed by atoms with Gasteiger partial charge < -0.3 is 10.3 Å². The number of nitrogens with one attached hydrogen (secondary N) is 2. The van der Waals surface area contributed by atoms with Crippen LogP contribution in [0, 0.1) is 0 Å². The molecular formula is C19H15ClN4. The molecule has 4 aromatic rings. The quantitative estimate of drug-likeness (QED) is 0.555. The SMILES string of the molecule is CNc1nc2ccc(-c3ccc(-c4ccc(Cl)cc4)cn3)cc2[nH]1. The third-order valence-corrected chi connectivity index (χ3v) is 4.21. The Morgan fingerprint density at radius 2 is 1.67 bits per heavy atom.